The lowest BCUT2D eigenvalue weighted by Crippen LogP contribution is -2.41. The Morgan fingerprint density at radius 2 is 1.82 bits per heavy atom. The number of nitrogens with zero attached hydrogens (tertiary/aromatic N) is 4. The molecule has 0 spiro atoms. The van der Waals surface area contributed by atoms with Gasteiger partial charge >= 0.3 is 5.97 Å². The molecule has 3 aliphatic rings. The van der Waals surface area contributed by atoms with E-state index in [1.54, 1.807) is 13.8 Å². The van der Waals surface area contributed by atoms with Crippen molar-refractivity contribution in [1.82, 2.24) is 14.4 Å². The first-order chi connectivity index (χ1) is 16.3. The molecule has 0 saturated carbocycles. The van der Waals surface area contributed by atoms with Crippen LogP contribution in [0.15, 0.2) is 28.1 Å². The molecular weight excluding hydrogens is 428 g/mol. The predicted molar refractivity (Wildman–Crippen MR) is 136 cm³/mol. The predicted octanol–water partition coefficient (Wildman–Crippen LogP) is 4.27. The Morgan fingerprint density at radius 1 is 1.15 bits per heavy atom. The SMILES string of the molecule is CCOC(=O)C1=C(O)/C(=C\c2cc(C)n(C3CCN(CC4CCN(C)CC4)CC3)c2C)N=C1C. The van der Waals surface area contributed by atoms with Crippen molar-refractivity contribution < 1.29 is 14.6 Å². The molecule has 4 heterocycles. The van der Waals surface area contributed by atoms with Gasteiger partial charge in [-0.1, -0.05) is 0 Å². The van der Waals surface area contributed by atoms with Gasteiger partial charge in [0.15, 0.2) is 5.76 Å². The quantitative estimate of drug-likeness (QED) is 0.631. The number of esters is 1. The molecule has 0 amide bonds. The third kappa shape index (κ3) is 5.15. The average molecular weight is 469 g/mol. The Labute approximate surface area is 203 Å². The summed E-state index contributed by atoms with van der Waals surface area (Å²) < 4.78 is 7.53. The van der Waals surface area contributed by atoms with E-state index in [-0.39, 0.29) is 17.9 Å². The highest BCUT2D eigenvalue weighted by Crippen LogP contribution is 2.32. The minimum atomic E-state index is -0.526. The van der Waals surface area contributed by atoms with Crippen molar-refractivity contribution in [1.29, 1.82) is 0 Å². The molecule has 7 nitrogen and oxygen atoms in total. The molecule has 0 radical (unpaired) electrons. The second-order valence-corrected chi connectivity index (χ2v) is 10.1. The van der Waals surface area contributed by atoms with Crippen molar-refractivity contribution in [3.05, 3.63) is 40.0 Å². The topological polar surface area (TPSA) is 70.3 Å². The number of hydrogen-bond acceptors (Lipinski definition) is 6. The molecule has 2 saturated heterocycles. The zero-order chi connectivity index (χ0) is 24.4. The summed E-state index contributed by atoms with van der Waals surface area (Å²) in [4.78, 5) is 21.8. The highest BCUT2D eigenvalue weighted by Gasteiger charge is 2.29. The monoisotopic (exact) mass is 468 g/mol. The maximum atomic E-state index is 12.2. The van der Waals surface area contributed by atoms with Crippen LogP contribution in [0, 0.1) is 19.8 Å². The van der Waals surface area contributed by atoms with Crippen LogP contribution in [0.3, 0.4) is 0 Å². The van der Waals surface area contributed by atoms with Crippen LogP contribution >= 0.6 is 0 Å². The molecular formula is C27H40N4O3. The maximum absolute atomic E-state index is 12.2. The first-order valence-electron chi connectivity index (χ1n) is 12.8. The number of likely N-dealkylation sites (tertiary alicyclic amines) is 2. The summed E-state index contributed by atoms with van der Waals surface area (Å²) in [7, 11) is 2.23. The highest BCUT2D eigenvalue weighted by molar-refractivity contribution is 6.22. The second kappa shape index (κ2) is 10.5. The number of aliphatic hydroxyl groups excluding tert-OH is 1. The Balaban J connectivity index is 1.44. The molecule has 4 rings (SSSR count). The summed E-state index contributed by atoms with van der Waals surface area (Å²) in [5, 5.41) is 10.7. The van der Waals surface area contributed by atoms with Crippen molar-refractivity contribution in [3.8, 4) is 0 Å². The maximum Gasteiger partial charge on any atom is 0.343 e. The zero-order valence-corrected chi connectivity index (χ0v) is 21.4. The van der Waals surface area contributed by atoms with Crippen molar-refractivity contribution in [2.45, 2.75) is 59.4 Å². The summed E-state index contributed by atoms with van der Waals surface area (Å²) in [6.07, 6.45) is 6.86. The number of aliphatic hydroxyl groups is 1. The lowest BCUT2D eigenvalue weighted by molar-refractivity contribution is -0.138. The van der Waals surface area contributed by atoms with Gasteiger partial charge in [-0.25, -0.2) is 9.79 Å². The number of rotatable bonds is 6. The van der Waals surface area contributed by atoms with Crippen LogP contribution in [0.25, 0.3) is 6.08 Å². The van der Waals surface area contributed by atoms with Gasteiger partial charge in [0.1, 0.15) is 11.3 Å². The minimum absolute atomic E-state index is 0.0945. The van der Waals surface area contributed by atoms with Crippen LogP contribution < -0.4 is 0 Å². The average Bonchev–Trinajstić information content (AvgIpc) is 3.24. The first-order valence-corrected chi connectivity index (χ1v) is 12.8. The molecule has 0 aromatic carbocycles. The van der Waals surface area contributed by atoms with E-state index in [2.05, 4.69) is 46.3 Å². The summed E-state index contributed by atoms with van der Waals surface area (Å²) in [6, 6.07) is 2.65. The Bertz CT molecular complexity index is 1000. The Morgan fingerprint density at radius 3 is 2.47 bits per heavy atom. The van der Waals surface area contributed by atoms with Gasteiger partial charge in [-0.15, -0.1) is 0 Å². The van der Waals surface area contributed by atoms with E-state index >= 15 is 0 Å². The van der Waals surface area contributed by atoms with Crippen molar-refractivity contribution in [3.63, 3.8) is 0 Å². The van der Waals surface area contributed by atoms with E-state index in [9.17, 15) is 9.90 Å². The fraction of sp³-hybridized carbons (Fsp3) is 0.630. The fourth-order valence-electron chi connectivity index (χ4n) is 5.77. The van der Waals surface area contributed by atoms with Gasteiger partial charge in [-0.3, -0.25) is 0 Å². The summed E-state index contributed by atoms with van der Waals surface area (Å²) >= 11 is 0. The van der Waals surface area contributed by atoms with Gasteiger partial charge in [0, 0.05) is 37.1 Å². The van der Waals surface area contributed by atoms with Crippen LogP contribution in [0.5, 0.6) is 0 Å². The van der Waals surface area contributed by atoms with Crippen molar-refractivity contribution in [2.24, 2.45) is 10.9 Å². The molecule has 0 bridgehead atoms. The number of hydrogen-bond donors (Lipinski definition) is 1. The molecule has 34 heavy (non-hydrogen) atoms. The molecule has 1 aromatic rings. The van der Waals surface area contributed by atoms with E-state index in [0.717, 1.165) is 37.4 Å². The number of aryl methyl sites for hydroxylation is 1. The summed E-state index contributed by atoms with van der Waals surface area (Å²) in [6.45, 7) is 14.1. The Hall–Kier alpha value is -2.38. The number of carbonyl (C=O) groups excluding carboxylic acids is 1. The van der Waals surface area contributed by atoms with Crippen LogP contribution in [0.1, 0.15) is 62.5 Å². The second-order valence-electron chi connectivity index (χ2n) is 10.1. The van der Waals surface area contributed by atoms with Crippen molar-refractivity contribution >= 4 is 17.8 Å². The molecule has 1 aromatic heterocycles. The van der Waals surface area contributed by atoms with Crippen LogP contribution in [-0.4, -0.2) is 77.5 Å². The molecule has 186 valence electrons. The van der Waals surface area contributed by atoms with Gasteiger partial charge < -0.3 is 24.2 Å². The number of piperidine rings is 2. The van der Waals surface area contributed by atoms with E-state index in [0.29, 0.717) is 17.5 Å². The van der Waals surface area contributed by atoms with Gasteiger partial charge in [-0.05, 0) is 97.1 Å². The normalized spacial score (nSPS) is 22.6. The minimum Gasteiger partial charge on any atom is -0.505 e. The number of carbonyl (C=O) groups is 1. The Kier molecular flexibility index (Phi) is 7.63. The van der Waals surface area contributed by atoms with E-state index in [1.807, 2.05) is 6.08 Å². The fourth-order valence-corrected chi connectivity index (χ4v) is 5.77. The van der Waals surface area contributed by atoms with E-state index < -0.39 is 5.97 Å². The molecule has 0 atom stereocenters. The number of aromatic nitrogens is 1. The summed E-state index contributed by atoms with van der Waals surface area (Å²) in [5.74, 6) is 0.224. The molecule has 2 fully saturated rings. The standard InChI is InChI=1S/C27H40N4O3/c1-6-34-27(33)25-19(3)28-24(26(25)32)16-22-15-18(2)31(20(22)4)23-9-13-30(14-10-23)17-21-7-11-29(5)12-8-21/h15-16,21,23,32H,6-14,17H2,1-5H3/b24-16+. The van der Waals surface area contributed by atoms with E-state index in [4.69, 9.17) is 4.74 Å². The molecule has 3 aliphatic heterocycles. The third-order valence-corrected chi connectivity index (χ3v) is 7.70. The van der Waals surface area contributed by atoms with Crippen molar-refractivity contribution in [2.75, 3.05) is 46.4 Å². The van der Waals surface area contributed by atoms with Gasteiger partial charge in [-0.2, -0.15) is 0 Å². The van der Waals surface area contributed by atoms with Gasteiger partial charge in [0.25, 0.3) is 0 Å². The van der Waals surface area contributed by atoms with Crippen LogP contribution in [-0.2, 0) is 9.53 Å². The summed E-state index contributed by atoms with van der Waals surface area (Å²) in [5.41, 5.74) is 4.53. The van der Waals surface area contributed by atoms with Gasteiger partial charge in [0.2, 0.25) is 0 Å². The molecule has 1 N–H and O–H groups in total. The molecule has 7 heteroatoms. The lowest BCUT2D eigenvalue weighted by atomic mass is 9.95. The number of aliphatic imine (C=N–C) groups is 1. The lowest BCUT2D eigenvalue weighted by Gasteiger charge is -2.38. The zero-order valence-electron chi connectivity index (χ0n) is 21.4. The molecule has 0 aliphatic carbocycles. The van der Waals surface area contributed by atoms with Crippen LogP contribution in [0.4, 0.5) is 0 Å². The van der Waals surface area contributed by atoms with Gasteiger partial charge in [0.05, 0.1) is 12.3 Å². The van der Waals surface area contributed by atoms with E-state index in [1.165, 1.54) is 43.9 Å². The third-order valence-electron chi connectivity index (χ3n) is 7.70. The first kappa shape index (κ1) is 24.7. The largest absolute Gasteiger partial charge is 0.505 e. The number of ether oxygens (including phenoxy) is 1. The smallest absolute Gasteiger partial charge is 0.343 e. The highest BCUT2D eigenvalue weighted by atomic mass is 16.5. The van der Waals surface area contributed by atoms with Crippen LogP contribution in [0.2, 0.25) is 0 Å². The molecule has 0 unspecified atom stereocenters.